The Hall–Kier alpha value is -1.26. The van der Waals surface area contributed by atoms with Crippen LogP contribution in [0.4, 0.5) is 0 Å². The van der Waals surface area contributed by atoms with Gasteiger partial charge in [-0.25, -0.2) is 0 Å². The normalized spacial score (nSPS) is 12.3. The maximum absolute atomic E-state index is 5.94. The summed E-state index contributed by atoms with van der Waals surface area (Å²) in [5.74, 6) is 1.51. The predicted octanol–water partition coefficient (Wildman–Crippen LogP) is 1.35. The first kappa shape index (κ1) is 11.8. The lowest BCUT2D eigenvalue weighted by molar-refractivity contribution is 0.179. The molecule has 4 nitrogen and oxygen atoms in total. The number of nitrogens with two attached hydrogens (primary N) is 1. The van der Waals surface area contributed by atoms with Crippen molar-refractivity contribution in [2.24, 2.45) is 5.73 Å². The fraction of sp³-hybridized carbons (Fsp3) is 0.455. The number of rotatable bonds is 5. The van der Waals surface area contributed by atoms with E-state index in [9.17, 15) is 0 Å². The third-order valence-corrected chi connectivity index (χ3v) is 2.18. The highest BCUT2D eigenvalue weighted by atomic mass is 16.5. The second-order valence-corrected chi connectivity index (χ2v) is 3.17. The molecule has 0 saturated heterocycles. The summed E-state index contributed by atoms with van der Waals surface area (Å²) in [4.78, 5) is 0. The van der Waals surface area contributed by atoms with Crippen molar-refractivity contribution >= 4 is 0 Å². The van der Waals surface area contributed by atoms with Gasteiger partial charge in [0.2, 0.25) is 0 Å². The fourth-order valence-electron chi connectivity index (χ4n) is 1.40. The summed E-state index contributed by atoms with van der Waals surface area (Å²) in [6.45, 7) is 0.448. The molecule has 0 aliphatic rings. The molecule has 0 spiro atoms. The van der Waals surface area contributed by atoms with Gasteiger partial charge in [-0.05, 0) is 18.2 Å². The first-order valence-electron chi connectivity index (χ1n) is 4.69. The number of ether oxygens (including phenoxy) is 3. The van der Waals surface area contributed by atoms with Crippen molar-refractivity contribution in [3.8, 4) is 11.5 Å². The van der Waals surface area contributed by atoms with Crippen LogP contribution in [0.15, 0.2) is 18.2 Å². The van der Waals surface area contributed by atoms with E-state index in [4.69, 9.17) is 19.9 Å². The van der Waals surface area contributed by atoms with Crippen LogP contribution in [0.1, 0.15) is 11.6 Å². The average Bonchev–Trinajstić information content (AvgIpc) is 2.28. The molecular formula is C11H17NO3. The maximum Gasteiger partial charge on any atom is 0.123 e. The summed E-state index contributed by atoms with van der Waals surface area (Å²) in [5, 5.41) is 0. The molecule has 0 heterocycles. The topological polar surface area (TPSA) is 53.7 Å². The summed E-state index contributed by atoms with van der Waals surface area (Å²) in [6.07, 6.45) is 0. The van der Waals surface area contributed by atoms with E-state index in [1.165, 1.54) is 0 Å². The molecule has 0 aromatic heterocycles. The van der Waals surface area contributed by atoms with E-state index < -0.39 is 0 Å². The zero-order chi connectivity index (χ0) is 11.3. The van der Waals surface area contributed by atoms with E-state index in [2.05, 4.69) is 0 Å². The Labute approximate surface area is 89.9 Å². The van der Waals surface area contributed by atoms with Crippen LogP contribution >= 0.6 is 0 Å². The highest BCUT2D eigenvalue weighted by molar-refractivity contribution is 5.42. The lowest BCUT2D eigenvalue weighted by Gasteiger charge is -2.15. The van der Waals surface area contributed by atoms with Gasteiger partial charge in [0.25, 0.3) is 0 Å². The smallest absolute Gasteiger partial charge is 0.123 e. The molecular weight excluding hydrogens is 194 g/mol. The van der Waals surface area contributed by atoms with Crippen molar-refractivity contribution in [2.45, 2.75) is 6.04 Å². The average molecular weight is 211 g/mol. The lowest BCUT2D eigenvalue weighted by atomic mass is 10.1. The van der Waals surface area contributed by atoms with Gasteiger partial charge in [0.15, 0.2) is 0 Å². The fourth-order valence-corrected chi connectivity index (χ4v) is 1.40. The van der Waals surface area contributed by atoms with Gasteiger partial charge in [0.1, 0.15) is 11.5 Å². The molecule has 0 bridgehead atoms. The van der Waals surface area contributed by atoms with Gasteiger partial charge >= 0.3 is 0 Å². The van der Waals surface area contributed by atoms with Gasteiger partial charge in [0.05, 0.1) is 26.9 Å². The maximum atomic E-state index is 5.94. The zero-order valence-electron chi connectivity index (χ0n) is 9.32. The van der Waals surface area contributed by atoms with Crippen molar-refractivity contribution in [1.29, 1.82) is 0 Å². The van der Waals surface area contributed by atoms with Crippen LogP contribution in [0.5, 0.6) is 11.5 Å². The molecule has 84 valence electrons. The van der Waals surface area contributed by atoms with Crippen LogP contribution in [0.25, 0.3) is 0 Å². The van der Waals surface area contributed by atoms with E-state index in [-0.39, 0.29) is 6.04 Å². The predicted molar refractivity (Wildman–Crippen MR) is 58.4 cm³/mol. The second kappa shape index (κ2) is 5.58. The van der Waals surface area contributed by atoms with E-state index in [1.54, 1.807) is 21.3 Å². The molecule has 1 atom stereocenters. The summed E-state index contributed by atoms with van der Waals surface area (Å²) in [7, 11) is 4.85. The van der Waals surface area contributed by atoms with Crippen molar-refractivity contribution in [3.05, 3.63) is 23.8 Å². The van der Waals surface area contributed by atoms with Crippen LogP contribution in [0.2, 0.25) is 0 Å². The summed E-state index contributed by atoms with van der Waals surface area (Å²) in [6, 6.07) is 5.33. The Morgan fingerprint density at radius 2 is 1.93 bits per heavy atom. The molecule has 2 N–H and O–H groups in total. The lowest BCUT2D eigenvalue weighted by Crippen LogP contribution is -2.17. The molecule has 1 aromatic rings. The van der Waals surface area contributed by atoms with Gasteiger partial charge in [-0.1, -0.05) is 0 Å². The van der Waals surface area contributed by atoms with Crippen molar-refractivity contribution in [2.75, 3.05) is 27.9 Å². The van der Waals surface area contributed by atoms with E-state index in [1.807, 2.05) is 18.2 Å². The Morgan fingerprint density at radius 1 is 1.20 bits per heavy atom. The van der Waals surface area contributed by atoms with Gasteiger partial charge in [-0.3, -0.25) is 0 Å². The molecule has 1 rings (SSSR count). The van der Waals surface area contributed by atoms with E-state index >= 15 is 0 Å². The van der Waals surface area contributed by atoms with Crippen LogP contribution in [0, 0.1) is 0 Å². The second-order valence-electron chi connectivity index (χ2n) is 3.17. The SMILES string of the molecule is COC[C@H](N)c1cc(OC)ccc1OC. The molecule has 0 radical (unpaired) electrons. The van der Waals surface area contributed by atoms with Crippen LogP contribution in [-0.2, 0) is 4.74 Å². The Bertz CT molecular complexity index is 315. The first-order valence-corrected chi connectivity index (χ1v) is 4.69. The van der Waals surface area contributed by atoms with Gasteiger partial charge in [-0.2, -0.15) is 0 Å². The highest BCUT2D eigenvalue weighted by Crippen LogP contribution is 2.28. The minimum absolute atomic E-state index is 0.208. The molecule has 0 aliphatic carbocycles. The first-order chi connectivity index (χ1) is 7.22. The quantitative estimate of drug-likeness (QED) is 0.798. The highest BCUT2D eigenvalue weighted by Gasteiger charge is 2.12. The van der Waals surface area contributed by atoms with Crippen LogP contribution < -0.4 is 15.2 Å². The van der Waals surface area contributed by atoms with Crippen LogP contribution in [-0.4, -0.2) is 27.9 Å². The molecule has 4 heteroatoms. The minimum Gasteiger partial charge on any atom is -0.497 e. The monoisotopic (exact) mass is 211 g/mol. The third-order valence-electron chi connectivity index (χ3n) is 2.18. The molecule has 0 fully saturated rings. The summed E-state index contributed by atoms with van der Waals surface area (Å²) < 4.78 is 15.4. The largest absolute Gasteiger partial charge is 0.497 e. The van der Waals surface area contributed by atoms with Crippen LogP contribution in [0.3, 0.4) is 0 Å². The summed E-state index contributed by atoms with van der Waals surface area (Å²) in [5.41, 5.74) is 6.83. The van der Waals surface area contributed by atoms with Crippen molar-refractivity contribution in [1.82, 2.24) is 0 Å². The minimum atomic E-state index is -0.208. The number of hydrogen-bond donors (Lipinski definition) is 1. The molecule has 1 aromatic carbocycles. The Morgan fingerprint density at radius 3 is 2.47 bits per heavy atom. The molecule has 0 aliphatic heterocycles. The molecule has 0 saturated carbocycles. The molecule has 0 amide bonds. The van der Waals surface area contributed by atoms with E-state index in [0.29, 0.717) is 6.61 Å². The Kier molecular flexibility index (Phi) is 4.39. The molecule has 0 unspecified atom stereocenters. The van der Waals surface area contributed by atoms with Gasteiger partial charge in [-0.15, -0.1) is 0 Å². The number of methoxy groups -OCH3 is 3. The zero-order valence-corrected chi connectivity index (χ0v) is 9.32. The van der Waals surface area contributed by atoms with Crippen molar-refractivity contribution < 1.29 is 14.2 Å². The number of benzene rings is 1. The van der Waals surface area contributed by atoms with Gasteiger partial charge in [0, 0.05) is 12.7 Å². The summed E-state index contributed by atoms with van der Waals surface area (Å²) >= 11 is 0. The van der Waals surface area contributed by atoms with E-state index in [0.717, 1.165) is 17.1 Å². The Balaban J connectivity index is 3.00. The third kappa shape index (κ3) is 2.84. The standard InChI is InChI=1S/C11H17NO3/c1-13-7-10(12)9-6-8(14-2)4-5-11(9)15-3/h4-6,10H,7,12H2,1-3H3/t10-/m0/s1. The van der Waals surface area contributed by atoms with Crippen molar-refractivity contribution in [3.63, 3.8) is 0 Å². The van der Waals surface area contributed by atoms with Gasteiger partial charge < -0.3 is 19.9 Å². The number of hydrogen-bond acceptors (Lipinski definition) is 4. The molecule has 15 heavy (non-hydrogen) atoms.